The third kappa shape index (κ3) is 14.3. The molecule has 4 fully saturated rings. The molecule has 4 nitrogen and oxygen atoms in total. The molecule has 2 saturated carbocycles. The highest BCUT2D eigenvalue weighted by atomic mass is 16.7. The van der Waals surface area contributed by atoms with Gasteiger partial charge < -0.3 is 18.9 Å². The van der Waals surface area contributed by atoms with Crippen molar-refractivity contribution in [3.63, 3.8) is 0 Å². The van der Waals surface area contributed by atoms with Crippen molar-refractivity contribution < 1.29 is 18.9 Å². The molecular weight excluding hydrogens is 641 g/mol. The van der Waals surface area contributed by atoms with Crippen LogP contribution in [0.15, 0.2) is 24.3 Å². The van der Waals surface area contributed by atoms with Crippen LogP contribution < -0.4 is 0 Å². The molecule has 1 aromatic carbocycles. The third-order valence-corrected chi connectivity index (χ3v) is 14.1. The van der Waals surface area contributed by atoms with Crippen LogP contribution in [-0.4, -0.2) is 38.0 Å². The number of hydrogen-bond acceptors (Lipinski definition) is 4. The molecule has 6 atom stereocenters. The van der Waals surface area contributed by atoms with Crippen LogP contribution in [0.25, 0.3) is 0 Å². The van der Waals surface area contributed by atoms with Gasteiger partial charge in [-0.15, -0.1) is 0 Å². The molecular formula is C48H82O4. The second-order valence-electron chi connectivity index (χ2n) is 18.2. The fourth-order valence-electron chi connectivity index (χ4n) is 10.0. The minimum absolute atomic E-state index is 0.0376. The van der Waals surface area contributed by atoms with E-state index in [0.717, 1.165) is 25.0 Å². The van der Waals surface area contributed by atoms with E-state index in [9.17, 15) is 0 Å². The lowest BCUT2D eigenvalue weighted by atomic mass is 9.78. The van der Waals surface area contributed by atoms with E-state index in [1.54, 1.807) is 0 Å². The van der Waals surface area contributed by atoms with Crippen molar-refractivity contribution in [1.29, 1.82) is 0 Å². The fourth-order valence-corrected chi connectivity index (χ4v) is 10.0. The summed E-state index contributed by atoms with van der Waals surface area (Å²) in [6.07, 6.45) is 35.2. The molecule has 2 unspecified atom stereocenters. The van der Waals surface area contributed by atoms with Gasteiger partial charge in [0.15, 0.2) is 12.6 Å². The van der Waals surface area contributed by atoms with Gasteiger partial charge >= 0.3 is 0 Å². The highest BCUT2D eigenvalue weighted by molar-refractivity contribution is 5.23. The van der Waals surface area contributed by atoms with Crippen molar-refractivity contribution >= 4 is 0 Å². The van der Waals surface area contributed by atoms with E-state index in [-0.39, 0.29) is 12.6 Å². The summed E-state index contributed by atoms with van der Waals surface area (Å²) in [5.74, 6) is 4.05. The average molecular weight is 723 g/mol. The van der Waals surface area contributed by atoms with Gasteiger partial charge in [0.2, 0.25) is 0 Å². The second kappa shape index (κ2) is 23.9. The van der Waals surface area contributed by atoms with Crippen LogP contribution in [0.4, 0.5) is 0 Å². The van der Waals surface area contributed by atoms with Gasteiger partial charge in [-0.1, -0.05) is 115 Å². The predicted molar refractivity (Wildman–Crippen MR) is 218 cm³/mol. The first-order valence-electron chi connectivity index (χ1n) is 23.1. The molecule has 0 amide bonds. The van der Waals surface area contributed by atoms with Gasteiger partial charge in [0, 0.05) is 23.7 Å². The van der Waals surface area contributed by atoms with Crippen LogP contribution in [0.2, 0.25) is 0 Å². The third-order valence-electron chi connectivity index (χ3n) is 14.1. The normalized spacial score (nSPS) is 32.9. The molecule has 0 N–H and O–H groups in total. The minimum Gasteiger partial charge on any atom is -0.352 e. The molecule has 0 radical (unpaired) electrons. The van der Waals surface area contributed by atoms with Crippen LogP contribution in [0, 0.1) is 35.5 Å². The maximum absolute atomic E-state index is 6.49. The topological polar surface area (TPSA) is 36.9 Å². The van der Waals surface area contributed by atoms with E-state index in [1.807, 2.05) is 0 Å². The van der Waals surface area contributed by atoms with E-state index in [1.165, 1.54) is 178 Å². The highest BCUT2D eigenvalue weighted by Gasteiger charge is 2.37. The lowest BCUT2D eigenvalue weighted by molar-refractivity contribution is -0.258. The molecule has 2 aliphatic carbocycles. The van der Waals surface area contributed by atoms with Crippen LogP contribution in [0.1, 0.15) is 193 Å². The molecule has 298 valence electrons. The maximum atomic E-state index is 6.49. The van der Waals surface area contributed by atoms with Crippen molar-refractivity contribution in [3.8, 4) is 0 Å². The Kier molecular flexibility index (Phi) is 19.4. The number of benzene rings is 1. The quantitative estimate of drug-likeness (QED) is 0.112. The summed E-state index contributed by atoms with van der Waals surface area (Å²) < 4.78 is 25.7. The van der Waals surface area contributed by atoms with Crippen LogP contribution >= 0.6 is 0 Å². The zero-order valence-corrected chi connectivity index (χ0v) is 34.5. The summed E-state index contributed by atoms with van der Waals surface area (Å²) in [5.41, 5.74) is 3.04. The summed E-state index contributed by atoms with van der Waals surface area (Å²) in [4.78, 5) is 0. The Morgan fingerprint density at radius 1 is 0.462 bits per heavy atom. The molecule has 2 saturated heterocycles. The van der Waals surface area contributed by atoms with Gasteiger partial charge in [0.1, 0.15) is 0 Å². The largest absolute Gasteiger partial charge is 0.352 e. The Balaban J connectivity index is 0.893. The van der Waals surface area contributed by atoms with Crippen molar-refractivity contribution in [2.45, 2.75) is 219 Å². The summed E-state index contributed by atoms with van der Waals surface area (Å²) >= 11 is 0. The minimum atomic E-state index is 0.0376. The molecule has 1 aromatic rings. The van der Waals surface area contributed by atoms with Gasteiger partial charge in [-0.05, 0) is 127 Å². The Morgan fingerprint density at radius 3 is 1.19 bits per heavy atom. The van der Waals surface area contributed by atoms with E-state index in [4.69, 9.17) is 18.9 Å². The second-order valence-corrected chi connectivity index (χ2v) is 18.2. The number of ether oxygens (including phenoxy) is 4. The van der Waals surface area contributed by atoms with Crippen molar-refractivity contribution in [3.05, 3.63) is 35.4 Å². The first-order chi connectivity index (χ1) is 25.5. The molecule has 0 spiro atoms. The fraction of sp³-hybridized carbons (Fsp3) is 0.875. The summed E-state index contributed by atoms with van der Waals surface area (Å²) in [7, 11) is 0. The van der Waals surface area contributed by atoms with Gasteiger partial charge in [0.05, 0.1) is 25.4 Å². The first-order valence-corrected chi connectivity index (χ1v) is 23.1. The summed E-state index contributed by atoms with van der Waals surface area (Å²) in [6.45, 7) is 11.0. The zero-order chi connectivity index (χ0) is 36.4. The predicted octanol–water partition coefficient (Wildman–Crippen LogP) is 13.4. The molecule has 4 aliphatic rings. The molecule has 0 aromatic heterocycles. The summed E-state index contributed by atoms with van der Waals surface area (Å²) in [5, 5.41) is 0. The first kappa shape index (κ1) is 42.2. The Hall–Kier alpha value is -0.940. The molecule has 0 bridgehead atoms. The number of hydrogen-bond donors (Lipinski definition) is 0. The molecule has 2 heterocycles. The SMILES string of the molecule is CCCCCCCC[C@@H]1CO[C@@H](C2CCC(CCc3ccc(CCC4CCC([C@@H]5OC[C@@H](CCCCCCCC)C(C)O5)CC4)cc3)CC2)OC1C. The van der Waals surface area contributed by atoms with Crippen molar-refractivity contribution in [2.24, 2.45) is 35.5 Å². The Labute approximate surface area is 321 Å². The van der Waals surface area contributed by atoms with Gasteiger partial charge in [-0.2, -0.15) is 0 Å². The standard InChI is InChI=1S/C48H82O4/c1-5-7-9-11-13-15-17-45-35-49-47(51-37(45)3)43-31-27-41(28-32-43)25-23-39-19-21-40(22-20-39)24-26-42-29-33-44(34-30-42)48-50-36-46(38(4)52-48)18-16-14-12-10-8-6-2/h19-22,37-38,41-48H,5-18,23-36H2,1-4H3/t37?,38?,41?,42?,43?,44?,45-,46-,47-,48-/m1/s1. The van der Waals surface area contributed by atoms with Gasteiger partial charge in [0.25, 0.3) is 0 Å². The van der Waals surface area contributed by atoms with E-state index in [2.05, 4.69) is 52.0 Å². The number of aryl methyl sites for hydroxylation is 2. The monoisotopic (exact) mass is 723 g/mol. The Morgan fingerprint density at radius 2 is 0.827 bits per heavy atom. The van der Waals surface area contributed by atoms with Crippen molar-refractivity contribution in [2.75, 3.05) is 13.2 Å². The van der Waals surface area contributed by atoms with Crippen LogP contribution in [0.3, 0.4) is 0 Å². The van der Waals surface area contributed by atoms with E-state index < -0.39 is 0 Å². The average Bonchev–Trinajstić information content (AvgIpc) is 3.17. The number of rotatable bonds is 22. The van der Waals surface area contributed by atoms with E-state index >= 15 is 0 Å². The van der Waals surface area contributed by atoms with Gasteiger partial charge in [-0.3, -0.25) is 0 Å². The Bertz CT molecular complexity index is 958. The van der Waals surface area contributed by atoms with Gasteiger partial charge in [-0.25, -0.2) is 0 Å². The molecule has 2 aliphatic heterocycles. The van der Waals surface area contributed by atoms with Crippen LogP contribution in [0.5, 0.6) is 0 Å². The van der Waals surface area contributed by atoms with Crippen LogP contribution in [-0.2, 0) is 31.8 Å². The lowest BCUT2D eigenvalue weighted by Gasteiger charge is -2.40. The molecule has 5 rings (SSSR count). The summed E-state index contributed by atoms with van der Waals surface area (Å²) in [6, 6.07) is 9.68. The maximum Gasteiger partial charge on any atom is 0.160 e. The number of unbranched alkanes of at least 4 members (excludes halogenated alkanes) is 10. The molecule has 52 heavy (non-hydrogen) atoms. The lowest BCUT2D eigenvalue weighted by Crippen LogP contribution is -2.42. The van der Waals surface area contributed by atoms with E-state index in [0.29, 0.717) is 35.9 Å². The highest BCUT2D eigenvalue weighted by Crippen LogP contribution is 2.39. The molecule has 4 heteroatoms. The smallest absolute Gasteiger partial charge is 0.160 e. The van der Waals surface area contributed by atoms with Crippen molar-refractivity contribution in [1.82, 2.24) is 0 Å². The zero-order valence-electron chi connectivity index (χ0n) is 34.5.